The van der Waals surface area contributed by atoms with E-state index in [9.17, 15) is 14.4 Å². The topological polar surface area (TPSA) is 134 Å². The fourth-order valence-electron chi connectivity index (χ4n) is 3.29. The van der Waals surface area contributed by atoms with Gasteiger partial charge in [-0.15, -0.1) is 0 Å². The van der Waals surface area contributed by atoms with Gasteiger partial charge in [0.05, 0.1) is 11.8 Å². The van der Waals surface area contributed by atoms with Gasteiger partial charge in [0.1, 0.15) is 0 Å². The third kappa shape index (κ3) is 4.17. The van der Waals surface area contributed by atoms with E-state index in [4.69, 9.17) is 9.26 Å². The second kappa shape index (κ2) is 8.64. The Hall–Kier alpha value is -3.60. The number of carbonyl (C=O) groups excluding carboxylic acids is 1. The molecular formula is C20H22N6O5. The van der Waals surface area contributed by atoms with Crippen LogP contribution in [0, 0.1) is 6.92 Å². The van der Waals surface area contributed by atoms with Gasteiger partial charge in [0.15, 0.2) is 5.69 Å². The van der Waals surface area contributed by atoms with Crippen LogP contribution in [0.4, 0.5) is 0 Å². The minimum Gasteiger partial charge on any atom is -0.376 e. The molecule has 1 amide bonds. The molecule has 31 heavy (non-hydrogen) atoms. The maximum Gasteiger partial charge on any atom is 0.352 e. The molecule has 0 aliphatic carbocycles. The monoisotopic (exact) mass is 426 g/mol. The summed E-state index contributed by atoms with van der Waals surface area (Å²) in [6.45, 7) is 4.73. The molecule has 1 fully saturated rings. The summed E-state index contributed by atoms with van der Waals surface area (Å²) < 4.78 is 12.6. The smallest absolute Gasteiger partial charge is 0.352 e. The first-order valence-electron chi connectivity index (χ1n) is 10.0. The van der Waals surface area contributed by atoms with Crippen molar-refractivity contribution < 1.29 is 14.1 Å². The van der Waals surface area contributed by atoms with E-state index in [1.807, 2.05) is 19.1 Å². The zero-order valence-electron chi connectivity index (χ0n) is 17.2. The summed E-state index contributed by atoms with van der Waals surface area (Å²) in [4.78, 5) is 41.8. The summed E-state index contributed by atoms with van der Waals surface area (Å²) in [6.07, 6.45) is 1.79. The fourth-order valence-corrected chi connectivity index (χ4v) is 3.29. The van der Waals surface area contributed by atoms with Crippen molar-refractivity contribution in [1.29, 1.82) is 0 Å². The van der Waals surface area contributed by atoms with Gasteiger partial charge in [0.25, 0.3) is 5.56 Å². The molecule has 4 rings (SSSR count). The second-order valence-corrected chi connectivity index (χ2v) is 7.20. The van der Waals surface area contributed by atoms with E-state index >= 15 is 0 Å². The largest absolute Gasteiger partial charge is 0.376 e. The van der Waals surface area contributed by atoms with E-state index < -0.39 is 17.2 Å². The van der Waals surface area contributed by atoms with Crippen molar-refractivity contribution >= 4 is 5.91 Å². The number of hydrogen-bond donors (Lipinski definition) is 1. The number of rotatable bonds is 6. The van der Waals surface area contributed by atoms with Gasteiger partial charge in [-0.1, -0.05) is 22.9 Å². The highest BCUT2D eigenvalue weighted by Crippen LogP contribution is 2.12. The SMILES string of the molecule is CCn1c(=O)c(-c2noc(C(=O)NC[C@H]3CCCO3)n2)nn(-c2ccc(C)cc2)c1=O. The van der Waals surface area contributed by atoms with Gasteiger partial charge < -0.3 is 14.6 Å². The van der Waals surface area contributed by atoms with Crippen molar-refractivity contribution in [2.45, 2.75) is 39.3 Å². The lowest BCUT2D eigenvalue weighted by atomic mass is 10.2. The van der Waals surface area contributed by atoms with Gasteiger partial charge in [0.2, 0.25) is 5.82 Å². The third-order valence-electron chi connectivity index (χ3n) is 5.00. The first-order chi connectivity index (χ1) is 15.0. The quantitative estimate of drug-likeness (QED) is 0.608. The summed E-state index contributed by atoms with van der Waals surface area (Å²) >= 11 is 0. The molecule has 1 aliphatic heterocycles. The maximum absolute atomic E-state index is 12.8. The van der Waals surface area contributed by atoms with Crippen molar-refractivity contribution in [3.8, 4) is 17.2 Å². The van der Waals surface area contributed by atoms with Crippen LogP contribution in [-0.2, 0) is 11.3 Å². The van der Waals surface area contributed by atoms with Crippen LogP contribution in [0.5, 0.6) is 0 Å². The Morgan fingerprint density at radius 1 is 1.26 bits per heavy atom. The predicted octanol–water partition coefficient (Wildman–Crippen LogP) is 0.681. The molecule has 11 nitrogen and oxygen atoms in total. The molecule has 1 N–H and O–H groups in total. The van der Waals surface area contributed by atoms with Crippen LogP contribution in [0.3, 0.4) is 0 Å². The van der Waals surface area contributed by atoms with E-state index in [1.165, 1.54) is 0 Å². The minimum absolute atomic E-state index is 0.0390. The van der Waals surface area contributed by atoms with Gasteiger partial charge in [-0.2, -0.15) is 14.8 Å². The molecule has 3 heterocycles. The molecule has 2 aromatic heterocycles. The number of ether oxygens (including phenoxy) is 1. The van der Waals surface area contributed by atoms with Crippen molar-refractivity contribution in [2.75, 3.05) is 13.2 Å². The predicted molar refractivity (Wildman–Crippen MR) is 109 cm³/mol. The highest BCUT2D eigenvalue weighted by atomic mass is 16.5. The summed E-state index contributed by atoms with van der Waals surface area (Å²) in [5.41, 5.74) is 0.0554. The summed E-state index contributed by atoms with van der Waals surface area (Å²) in [5, 5.41) is 10.6. The highest BCUT2D eigenvalue weighted by Gasteiger charge is 2.23. The van der Waals surface area contributed by atoms with Crippen LogP contribution in [0.1, 0.15) is 36.0 Å². The fraction of sp³-hybridized carbons (Fsp3) is 0.400. The van der Waals surface area contributed by atoms with Gasteiger partial charge in [0, 0.05) is 19.7 Å². The molecule has 0 spiro atoms. The van der Waals surface area contributed by atoms with Crippen LogP contribution < -0.4 is 16.6 Å². The summed E-state index contributed by atoms with van der Waals surface area (Å²) in [5.74, 6) is -1.04. The van der Waals surface area contributed by atoms with E-state index in [1.54, 1.807) is 19.1 Å². The Balaban J connectivity index is 1.67. The number of carbonyl (C=O) groups is 1. The van der Waals surface area contributed by atoms with Crippen molar-refractivity contribution in [2.24, 2.45) is 0 Å². The summed E-state index contributed by atoms with van der Waals surface area (Å²) in [7, 11) is 0. The zero-order valence-corrected chi connectivity index (χ0v) is 17.2. The molecule has 1 atom stereocenters. The first kappa shape index (κ1) is 20.7. The van der Waals surface area contributed by atoms with E-state index in [0.29, 0.717) is 18.8 Å². The molecule has 162 valence electrons. The van der Waals surface area contributed by atoms with Crippen molar-refractivity contribution in [1.82, 2.24) is 29.8 Å². The molecule has 0 saturated carbocycles. The average Bonchev–Trinajstić information content (AvgIpc) is 3.46. The summed E-state index contributed by atoms with van der Waals surface area (Å²) in [6, 6.07) is 7.10. The number of hydrogen-bond acceptors (Lipinski definition) is 8. The number of aromatic nitrogens is 5. The third-order valence-corrected chi connectivity index (χ3v) is 5.00. The lowest BCUT2D eigenvalue weighted by Crippen LogP contribution is -2.41. The van der Waals surface area contributed by atoms with Crippen molar-refractivity contribution in [3.63, 3.8) is 0 Å². The molecule has 3 aromatic rings. The second-order valence-electron chi connectivity index (χ2n) is 7.20. The molecule has 0 bridgehead atoms. The molecule has 1 aliphatic rings. The van der Waals surface area contributed by atoms with Gasteiger partial charge in [-0.25, -0.2) is 4.79 Å². The van der Waals surface area contributed by atoms with Crippen LogP contribution in [0.15, 0.2) is 38.4 Å². The van der Waals surface area contributed by atoms with Crippen LogP contribution in [0.25, 0.3) is 17.2 Å². The minimum atomic E-state index is -0.664. The number of nitrogens with zero attached hydrogens (tertiary/aromatic N) is 5. The van der Waals surface area contributed by atoms with Crippen molar-refractivity contribution in [3.05, 3.63) is 56.6 Å². The highest BCUT2D eigenvalue weighted by molar-refractivity contribution is 5.89. The Kier molecular flexibility index (Phi) is 5.76. The number of nitrogens with one attached hydrogen (secondary N) is 1. The Labute approximate surface area is 176 Å². The molecular weight excluding hydrogens is 404 g/mol. The molecule has 0 radical (unpaired) electrons. The van der Waals surface area contributed by atoms with Gasteiger partial charge in [-0.3, -0.25) is 14.2 Å². The van der Waals surface area contributed by atoms with Gasteiger partial charge in [-0.05, 0) is 38.8 Å². The van der Waals surface area contributed by atoms with Gasteiger partial charge >= 0.3 is 17.5 Å². The lowest BCUT2D eigenvalue weighted by molar-refractivity contribution is 0.0822. The lowest BCUT2D eigenvalue weighted by Gasteiger charge is -2.09. The zero-order chi connectivity index (χ0) is 22.0. The first-order valence-corrected chi connectivity index (χ1v) is 10.0. The van der Waals surface area contributed by atoms with E-state index in [2.05, 4.69) is 20.6 Å². The number of amides is 1. The normalized spacial score (nSPS) is 15.9. The van der Waals surface area contributed by atoms with Crippen LogP contribution in [-0.4, -0.2) is 49.7 Å². The Morgan fingerprint density at radius 2 is 2.03 bits per heavy atom. The molecule has 1 aromatic carbocycles. The Bertz CT molecular complexity index is 1200. The average molecular weight is 426 g/mol. The molecule has 0 unspecified atom stereocenters. The van der Waals surface area contributed by atoms with Crippen LogP contribution in [0.2, 0.25) is 0 Å². The Morgan fingerprint density at radius 3 is 2.71 bits per heavy atom. The number of aryl methyl sites for hydroxylation is 1. The standard InChI is InChI=1S/C20H22N6O5/c1-3-25-19(28)15(23-26(20(25)29)13-8-6-12(2)7-9-13)16-22-18(31-24-16)17(27)21-11-14-5-4-10-30-14/h6-9,14H,3-5,10-11H2,1-2H3,(H,21,27)/t14-/m1/s1. The van der Waals surface area contributed by atoms with E-state index in [-0.39, 0.29) is 30.1 Å². The number of benzene rings is 1. The maximum atomic E-state index is 12.8. The van der Waals surface area contributed by atoms with Crippen LogP contribution >= 0.6 is 0 Å². The van der Waals surface area contributed by atoms with E-state index in [0.717, 1.165) is 27.7 Å². The molecule has 1 saturated heterocycles. The molecule has 11 heteroatoms.